The molecule has 2 saturated carbocycles. The number of halogens is 3. The first kappa shape index (κ1) is 28.8. The molecule has 2 fully saturated rings. The van der Waals surface area contributed by atoms with E-state index in [-0.39, 0.29) is 23.7 Å². The quantitative estimate of drug-likeness (QED) is 0.415. The summed E-state index contributed by atoms with van der Waals surface area (Å²) in [5.41, 5.74) is -1.95. The molecule has 1 aromatic carbocycles. The molecule has 1 unspecified atom stereocenters. The van der Waals surface area contributed by atoms with Crippen LogP contribution in [0.5, 0.6) is 11.5 Å². The fraction of sp³-hybridized carbons (Fsp3) is 0.571. The topological polar surface area (TPSA) is 80.7 Å². The first-order valence-electron chi connectivity index (χ1n) is 12.9. The molecule has 1 atom stereocenters. The van der Waals surface area contributed by atoms with Crippen LogP contribution < -0.4 is 14.8 Å². The number of hydrogen-bond donors (Lipinski definition) is 2. The van der Waals surface area contributed by atoms with Gasteiger partial charge in [-0.1, -0.05) is 27.7 Å². The second-order valence-corrected chi connectivity index (χ2v) is 9.80. The van der Waals surface area contributed by atoms with Gasteiger partial charge in [0, 0.05) is 11.3 Å². The zero-order valence-corrected chi connectivity index (χ0v) is 22.3. The van der Waals surface area contributed by atoms with Crippen molar-refractivity contribution in [3.8, 4) is 11.5 Å². The van der Waals surface area contributed by atoms with Crippen molar-refractivity contribution in [2.45, 2.75) is 97.1 Å². The van der Waals surface area contributed by atoms with E-state index in [1.54, 1.807) is 19.9 Å². The van der Waals surface area contributed by atoms with Gasteiger partial charge < -0.3 is 19.9 Å². The van der Waals surface area contributed by atoms with Gasteiger partial charge in [-0.15, -0.1) is 0 Å². The first-order valence-corrected chi connectivity index (χ1v) is 12.9. The minimum absolute atomic E-state index is 0.0520. The fourth-order valence-corrected chi connectivity index (χ4v) is 3.79. The van der Waals surface area contributed by atoms with Crippen molar-refractivity contribution in [2.24, 2.45) is 0 Å². The van der Waals surface area contributed by atoms with E-state index in [2.05, 4.69) is 10.3 Å². The molecule has 2 aliphatic rings. The number of aromatic nitrogens is 1. The Hall–Kier alpha value is -2.81. The summed E-state index contributed by atoms with van der Waals surface area (Å²) in [6, 6.07) is 5.83. The van der Waals surface area contributed by atoms with E-state index in [0.29, 0.717) is 22.8 Å². The van der Waals surface area contributed by atoms with Crippen molar-refractivity contribution >= 4 is 5.91 Å². The van der Waals surface area contributed by atoms with Crippen molar-refractivity contribution in [3.63, 3.8) is 0 Å². The molecule has 0 bridgehead atoms. The molecule has 2 aliphatic carbocycles. The fourth-order valence-electron chi connectivity index (χ4n) is 3.79. The number of carbonyl (C=O) groups is 1. The second kappa shape index (κ2) is 11.3. The average molecular weight is 523 g/mol. The summed E-state index contributed by atoms with van der Waals surface area (Å²) in [5, 5.41) is 13.1. The van der Waals surface area contributed by atoms with Crippen LogP contribution in [0.3, 0.4) is 0 Å². The van der Waals surface area contributed by atoms with Gasteiger partial charge in [-0.2, -0.15) is 13.2 Å². The third kappa shape index (κ3) is 6.74. The van der Waals surface area contributed by atoms with Crippen LogP contribution in [-0.4, -0.2) is 40.9 Å². The van der Waals surface area contributed by atoms with Gasteiger partial charge in [0.25, 0.3) is 5.91 Å². The highest BCUT2D eigenvalue weighted by atomic mass is 19.4. The lowest BCUT2D eigenvalue weighted by Crippen LogP contribution is -2.51. The van der Waals surface area contributed by atoms with Crippen LogP contribution in [0, 0.1) is 13.8 Å². The maximum atomic E-state index is 14.1. The van der Waals surface area contributed by atoms with Gasteiger partial charge in [-0.25, -0.2) is 0 Å². The van der Waals surface area contributed by atoms with E-state index in [0.717, 1.165) is 31.2 Å². The zero-order valence-electron chi connectivity index (χ0n) is 22.3. The Kier molecular flexibility index (Phi) is 8.78. The summed E-state index contributed by atoms with van der Waals surface area (Å²) in [5.74, 6) is 0.0850. The number of benzene rings is 1. The number of nitrogens with one attached hydrogen (secondary N) is 1. The smallest absolute Gasteiger partial charge is 0.424 e. The normalized spacial score (nSPS) is 16.9. The molecular formula is C28H37F3N2O4. The van der Waals surface area contributed by atoms with Gasteiger partial charge in [-0.3, -0.25) is 9.78 Å². The molecule has 204 valence electrons. The predicted molar refractivity (Wildman–Crippen MR) is 135 cm³/mol. The summed E-state index contributed by atoms with van der Waals surface area (Å²) in [7, 11) is 0. The highest BCUT2D eigenvalue weighted by Gasteiger charge is 2.56. The Balaban J connectivity index is 0.00000186. The lowest BCUT2D eigenvalue weighted by molar-refractivity contribution is -0.265. The molecule has 4 rings (SSSR count). The van der Waals surface area contributed by atoms with Crippen molar-refractivity contribution < 1.29 is 32.5 Å². The molecule has 37 heavy (non-hydrogen) atoms. The van der Waals surface area contributed by atoms with Crippen molar-refractivity contribution in [1.29, 1.82) is 0 Å². The Labute approximate surface area is 216 Å². The van der Waals surface area contributed by atoms with Gasteiger partial charge in [0.15, 0.2) is 11.5 Å². The van der Waals surface area contributed by atoms with E-state index >= 15 is 0 Å². The van der Waals surface area contributed by atoms with E-state index in [1.165, 1.54) is 18.2 Å². The molecule has 6 nitrogen and oxygen atoms in total. The third-order valence-corrected chi connectivity index (χ3v) is 6.42. The van der Waals surface area contributed by atoms with Crippen LogP contribution >= 0.6 is 0 Å². The van der Waals surface area contributed by atoms with E-state index in [1.807, 2.05) is 27.7 Å². The lowest BCUT2D eigenvalue weighted by Gasteiger charge is -2.31. The summed E-state index contributed by atoms with van der Waals surface area (Å²) in [6.45, 7) is 10.0. The summed E-state index contributed by atoms with van der Waals surface area (Å²) in [4.78, 5) is 16.9. The highest BCUT2D eigenvalue weighted by molar-refractivity contribution is 5.95. The van der Waals surface area contributed by atoms with Crippen LogP contribution in [0.15, 0.2) is 24.3 Å². The number of carbonyl (C=O) groups excluding carboxylic acids is 1. The molecule has 2 N–H and O–H groups in total. The number of aryl methyl sites for hydroxylation is 1. The number of aliphatic hydroxyl groups is 1. The number of nitrogens with zero attached hydrogens (tertiary/aromatic N) is 1. The molecule has 0 aliphatic heterocycles. The molecule has 1 amide bonds. The number of alkyl halides is 3. The third-order valence-electron chi connectivity index (χ3n) is 6.42. The highest BCUT2D eigenvalue weighted by Crippen LogP contribution is 2.40. The average Bonchev–Trinajstić information content (AvgIpc) is 3.77. The number of pyridine rings is 1. The molecule has 0 radical (unpaired) electrons. The summed E-state index contributed by atoms with van der Waals surface area (Å²) >= 11 is 0. The molecular weight excluding hydrogens is 485 g/mol. The van der Waals surface area contributed by atoms with Gasteiger partial charge in [0.2, 0.25) is 5.60 Å². The maximum Gasteiger partial charge on any atom is 0.424 e. The van der Waals surface area contributed by atoms with Crippen LogP contribution in [0.1, 0.15) is 92.2 Å². The molecule has 0 spiro atoms. The van der Waals surface area contributed by atoms with Gasteiger partial charge in [-0.05, 0) is 80.8 Å². The number of hydrogen-bond acceptors (Lipinski definition) is 5. The predicted octanol–water partition coefficient (Wildman–Crippen LogP) is 6.11. The second-order valence-electron chi connectivity index (χ2n) is 9.80. The van der Waals surface area contributed by atoms with Gasteiger partial charge in [0.05, 0.1) is 24.4 Å². The van der Waals surface area contributed by atoms with E-state index in [9.17, 15) is 23.1 Å². The summed E-state index contributed by atoms with van der Waals surface area (Å²) in [6.07, 6.45) is -1.18. The Morgan fingerprint density at radius 2 is 1.62 bits per heavy atom. The first-order chi connectivity index (χ1) is 17.4. The molecule has 9 heteroatoms. The zero-order chi connectivity index (χ0) is 27.5. The van der Waals surface area contributed by atoms with E-state index < -0.39 is 29.9 Å². The minimum Gasteiger partial charge on any atom is -0.487 e. The van der Waals surface area contributed by atoms with Gasteiger partial charge >= 0.3 is 6.18 Å². The van der Waals surface area contributed by atoms with Crippen LogP contribution in [0.4, 0.5) is 13.2 Å². The minimum atomic E-state index is -5.06. The molecule has 2 aromatic rings. The number of rotatable bonds is 9. The number of ether oxygens (including phenoxy) is 2. The summed E-state index contributed by atoms with van der Waals surface area (Å²) < 4.78 is 54.1. The van der Waals surface area contributed by atoms with Crippen molar-refractivity contribution in [1.82, 2.24) is 10.3 Å². The molecule has 0 saturated heterocycles. The SMILES string of the molecule is CC.Cc1nc(C(O)(CNC(=O)c2ccc(OC3CC3)c(OC3CC3)c2)C(F)(F)F)cc(C(C)C)c1C. The standard InChI is InChI=1S/C26H31F3N2O4.C2H6/c1-14(2)20-12-23(31-16(4)15(20)3)25(33,26(27,28)29)13-30-24(32)17-5-10-21(34-18-6-7-18)22(11-17)35-19-8-9-19;1-2/h5,10-12,14,18-19,33H,6-9,13H2,1-4H3,(H,30,32);1-2H3. The van der Waals surface area contributed by atoms with Gasteiger partial charge in [0.1, 0.15) is 0 Å². The lowest BCUT2D eigenvalue weighted by atomic mass is 9.90. The maximum absolute atomic E-state index is 14.1. The Bertz CT molecular complexity index is 1110. The van der Waals surface area contributed by atoms with Crippen LogP contribution in [-0.2, 0) is 5.60 Å². The largest absolute Gasteiger partial charge is 0.487 e. The van der Waals surface area contributed by atoms with Crippen LogP contribution in [0.25, 0.3) is 0 Å². The Morgan fingerprint density at radius 3 is 2.14 bits per heavy atom. The molecule has 1 aromatic heterocycles. The van der Waals surface area contributed by atoms with Crippen molar-refractivity contribution in [2.75, 3.05) is 6.54 Å². The Morgan fingerprint density at radius 1 is 1.05 bits per heavy atom. The van der Waals surface area contributed by atoms with Crippen LogP contribution in [0.2, 0.25) is 0 Å². The van der Waals surface area contributed by atoms with E-state index in [4.69, 9.17) is 9.47 Å². The number of amides is 1. The van der Waals surface area contributed by atoms with Crippen molar-refractivity contribution in [3.05, 3.63) is 52.3 Å². The monoisotopic (exact) mass is 522 g/mol. The molecule has 1 heterocycles.